The van der Waals surface area contributed by atoms with Gasteiger partial charge in [0.15, 0.2) is 0 Å². The first kappa shape index (κ1) is 11.9. The second-order valence-electron chi connectivity index (χ2n) is 6.69. The summed E-state index contributed by atoms with van der Waals surface area (Å²) in [6.45, 7) is 12.8. The molecule has 0 aliphatic heterocycles. The highest BCUT2D eigenvalue weighted by Crippen LogP contribution is 2.60. The van der Waals surface area contributed by atoms with Crippen molar-refractivity contribution in [2.75, 3.05) is 0 Å². The fraction of sp³-hybridized carbons (Fsp3) is 0.800. The lowest BCUT2D eigenvalue weighted by molar-refractivity contribution is -0.159. The summed E-state index contributed by atoms with van der Waals surface area (Å²) in [5.74, 6) is 2.48. The van der Waals surface area contributed by atoms with Gasteiger partial charge < -0.3 is 0 Å². The van der Waals surface area contributed by atoms with Gasteiger partial charge in [-0.2, -0.15) is 0 Å². The smallest absolute Gasteiger partial charge is 0.139 e. The van der Waals surface area contributed by atoms with E-state index in [-0.39, 0.29) is 5.41 Å². The van der Waals surface area contributed by atoms with E-state index in [2.05, 4.69) is 34.3 Å². The van der Waals surface area contributed by atoms with E-state index in [4.69, 9.17) is 0 Å². The molecule has 3 rings (SSSR count). The maximum Gasteiger partial charge on any atom is 0.139 e. The third-order valence-corrected chi connectivity index (χ3v) is 5.08. The normalized spacial score (nSPS) is 37.8. The van der Waals surface area contributed by atoms with Crippen molar-refractivity contribution in [3.8, 4) is 0 Å². The van der Waals surface area contributed by atoms with E-state index in [9.17, 15) is 4.79 Å². The number of rotatable bonds is 3. The Hall–Kier alpha value is -0.590. The molecule has 3 fully saturated rings. The molecular formula is C15H24O. The van der Waals surface area contributed by atoms with Crippen LogP contribution in [0.2, 0.25) is 0 Å². The van der Waals surface area contributed by atoms with Crippen LogP contribution in [0, 0.1) is 29.1 Å². The number of ketones is 1. The molecule has 1 nitrogen and oxygen atoms in total. The zero-order valence-corrected chi connectivity index (χ0v) is 11.0. The highest BCUT2D eigenvalue weighted by molar-refractivity contribution is 5.87. The Morgan fingerprint density at radius 3 is 2.56 bits per heavy atom. The molecule has 4 atom stereocenters. The van der Waals surface area contributed by atoms with Crippen molar-refractivity contribution in [3.63, 3.8) is 0 Å². The molecule has 0 unspecified atom stereocenters. The van der Waals surface area contributed by atoms with Crippen molar-refractivity contribution >= 4 is 5.78 Å². The van der Waals surface area contributed by atoms with Crippen LogP contribution in [-0.4, -0.2) is 5.78 Å². The molecule has 0 aromatic carbocycles. The molecule has 0 radical (unpaired) electrons. The summed E-state index contributed by atoms with van der Waals surface area (Å²) in [5, 5.41) is 0. The largest absolute Gasteiger partial charge is 0.299 e. The first-order valence-corrected chi connectivity index (χ1v) is 6.52. The average molecular weight is 220 g/mol. The van der Waals surface area contributed by atoms with Crippen molar-refractivity contribution in [3.05, 3.63) is 12.2 Å². The SMILES string of the molecule is C=C(C)C[C@@H](C)[C@@H]1C[C@H]2C[C@@H](C1=O)C2(C)C. The molecule has 16 heavy (non-hydrogen) atoms. The second-order valence-corrected chi connectivity index (χ2v) is 6.69. The van der Waals surface area contributed by atoms with Gasteiger partial charge in [-0.25, -0.2) is 0 Å². The third kappa shape index (κ3) is 1.65. The molecule has 3 aliphatic rings. The van der Waals surface area contributed by atoms with Gasteiger partial charge >= 0.3 is 0 Å². The van der Waals surface area contributed by atoms with Crippen LogP contribution in [0.25, 0.3) is 0 Å². The molecular weight excluding hydrogens is 196 g/mol. The second kappa shape index (κ2) is 3.72. The van der Waals surface area contributed by atoms with Crippen LogP contribution in [0.5, 0.6) is 0 Å². The third-order valence-electron chi connectivity index (χ3n) is 5.08. The van der Waals surface area contributed by atoms with Gasteiger partial charge in [0.25, 0.3) is 0 Å². The minimum absolute atomic E-state index is 0.288. The lowest BCUT2D eigenvalue weighted by Crippen LogP contribution is -2.57. The molecule has 90 valence electrons. The Labute approximate surface area is 99.3 Å². The van der Waals surface area contributed by atoms with E-state index < -0.39 is 0 Å². The highest BCUT2D eigenvalue weighted by Gasteiger charge is 2.58. The van der Waals surface area contributed by atoms with Crippen LogP contribution in [-0.2, 0) is 4.79 Å². The quantitative estimate of drug-likeness (QED) is 0.660. The summed E-state index contributed by atoms with van der Waals surface area (Å²) < 4.78 is 0. The molecule has 0 amide bonds. The number of carbonyl (C=O) groups excluding carboxylic acids is 1. The molecule has 0 aromatic rings. The zero-order valence-electron chi connectivity index (χ0n) is 11.0. The minimum Gasteiger partial charge on any atom is -0.299 e. The van der Waals surface area contributed by atoms with E-state index in [0.29, 0.717) is 23.5 Å². The number of carbonyl (C=O) groups is 1. The minimum atomic E-state index is 0.288. The van der Waals surface area contributed by atoms with E-state index in [1.807, 2.05) is 0 Å². The van der Waals surface area contributed by atoms with Crippen molar-refractivity contribution < 1.29 is 4.79 Å². The number of Topliss-reactive ketones (excluding diaryl/α,β-unsaturated/α-hetero) is 1. The molecule has 0 saturated heterocycles. The summed E-state index contributed by atoms with van der Waals surface area (Å²) in [7, 11) is 0. The van der Waals surface area contributed by atoms with Crippen LogP contribution in [0.15, 0.2) is 12.2 Å². The van der Waals surface area contributed by atoms with Gasteiger partial charge in [-0.1, -0.05) is 26.3 Å². The summed E-state index contributed by atoms with van der Waals surface area (Å²) in [6, 6.07) is 0. The predicted octanol–water partition coefficient (Wildman–Crippen LogP) is 3.84. The van der Waals surface area contributed by atoms with Crippen LogP contribution in [0.1, 0.15) is 47.0 Å². The lowest BCUT2D eigenvalue weighted by Gasteiger charge is -2.58. The highest BCUT2D eigenvalue weighted by atomic mass is 16.1. The number of hydrogen-bond donors (Lipinski definition) is 0. The number of fused-ring (bicyclic) bond motifs is 2. The standard InChI is InChI=1S/C15H24O/c1-9(2)6-10(3)12-7-11-8-13(14(12)16)15(11,4)5/h10-13H,1,6-8H2,2-5H3/t10-,11+,12+,13+/m1/s1. The summed E-state index contributed by atoms with van der Waals surface area (Å²) in [5.41, 5.74) is 1.50. The van der Waals surface area contributed by atoms with Crippen LogP contribution in [0.4, 0.5) is 0 Å². The zero-order chi connectivity index (χ0) is 12.1. The van der Waals surface area contributed by atoms with Crippen molar-refractivity contribution in [2.24, 2.45) is 29.1 Å². The van der Waals surface area contributed by atoms with Gasteiger partial charge in [0.2, 0.25) is 0 Å². The molecule has 0 spiro atoms. The molecule has 1 heteroatoms. The van der Waals surface area contributed by atoms with E-state index >= 15 is 0 Å². The first-order chi connectivity index (χ1) is 7.34. The Kier molecular flexibility index (Phi) is 2.76. The van der Waals surface area contributed by atoms with Crippen LogP contribution >= 0.6 is 0 Å². The Bertz CT molecular complexity index is 326. The fourth-order valence-electron chi connectivity index (χ4n) is 3.78. The average Bonchev–Trinajstić information content (AvgIpc) is 2.15. The van der Waals surface area contributed by atoms with Gasteiger partial charge in [0, 0.05) is 11.8 Å². The summed E-state index contributed by atoms with van der Waals surface area (Å²) >= 11 is 0. The van der Waals surface area contributed by atoms with Crippen LogP contribution < -0.4 is 0 Å². The van der Waals surface area contributed by atoms with Crippen molar-refractivity contribution in [1.82, 2.24) is 0 Å². The molecule has 0 aromatic heterocycles. The van der Waals surface area contributed by atoms with Gasteiger partial charge in [0.05, 0.1) is 0 Å². The summed E-state index contributed by atoms with van der Waals surface area (Å²) in [6.07, 6.45) is 3.29. The maximum atomic E-state index is 12.4. The fourth-order valence-corrected chi connectivity index (χ4v) is 3.78. The molecule has 2 bridgehead atoms. The van der Waals surface area contributed by atoms with Crippen molar-refractivity contribution in [2.45, 2.75) is 47.0 Å². The van der Waals surface area contributed by atoms with Gasteiger partial charge in [0.1, 0.15) is 5.78 Å². The van der Waals surface area contributed by atoms with Crippen molar-refractivity contribution in [1.29, 1.82) is 0 Å². The van der Waals surface area contributed by atoms with Gasteiger partial charge in [-0.05, 0) is 43.4 Å². The van der Waals surface area contributed by atoms with E-state index in [0.717, 1.165) is 25.2 Å². The summed E-state index contributed by atoms with van der Waals surface area (Å²) in [4.78, 5) is 12.4. The Morgan fingerprint density at radius 2 is 2.12 bits per heavy atom. The monoisotopic (exact) mass is 220 g/mol. The van der Waals surface area contributed by atoms with Gasteiger partial charge in [-0.15, -0.1) is 6.58 Å². The molecule has 0 N–H and O–H groups in total. The van der Waals surface area contributed by atoms with E-state index in [1.54, 1.807) is 0 Å². The number of hydrogen-bond acceptors (Lipinski definition) is 1. The Balaban J connectivity index is 2.06. The van der Waals surface area contributed by atoms with Gasteiger partial charge in [-0.3, -0.25) is 4.79 Å². The predicted molar refractivity (Wildman–Crippen MR) is 67.1 cm³/mol. The van der Waals surface area contributed by atoms with E-state index in [1.165, 1.54) is 5.57 Å². The van der Waals surface area contributed by atoms with Crippen LogP contribution in [0.3, 0.4) is 0 Å². The Morgan fingerprint density at radius 1 is 1.50 bits per heavy atom. The topological polar surface area (TPSA) is 17.1 Å². The first-order valence-electron chi connectivity index (χ1n) is 6.52. The molecule has 3 saturated carbocycles. The maximum absolute atomic E-state index is 12.4. The molecule has 0 heterocycles. The number of allylic oxidation sites excluding steroid dienone is 1. The molecule has 3 aliphatic carbocycles. The lowest BCUT2D eigenvalue weighted by atomic mass is 9.45.